The van der Waals surface area contributed by atoms with Gasteiger partial charge in [-0.3, -0.25) is 14.9 Å². The average Bonchev–Trinajstić information content (AvgIpc) is 2.98. The number of ether oxygens (including phenoxy) is 1. The van der Waals surface area contributed by atoms with Crippen LogP contribution in [0.4, 0.5) is 8.78 Å². The second-order valence-electron chi connectivity index (χ2n) is 5.00. The summed E-state index contributed by atoms with van der Waals surface area (Å²) < 4.78 is 28.2. The van der Waals surface area contributed by atoms with Gasteiger partial charge in [0, 0.05) is 10.8 Å². The number of nitrogens with one attached hydrogen (secondary N) is 1. The minimum Gasteiger partial charge on any atom is -0.435 e. The van der Waals surface area contributed by atoms with Crippen LogP contribution >= 0.6 is 11.8 Å². The summed E-state index contributed by atoms with van der Waals surface area (Å²) in [4.78, 5) is 23.6. The maximum Gasteiger partial charge on any atom is 0.387 e. The summed E-state index contributed by atoms with van der Waals surface area (Å²) in [6, 6.07) is 5.20. The molecule has 0 saturated heterocycles. The van der Waals surface area contributed by atoms with Gasteiger partial charge in [-0.25, -0.2) is 0 Å². The van der Waals surface area contributed by atoms with Crippen molar-refractivity contribution in [2.75, 3.05) is 5.75 Å². The van der Waals surface area contributed by atoms with E-state index in [1.54, 1.807) is 11.8 Å². The van der Waals surface area contributed by atoms with Gasteiger partial charge in [-0.1, -0.05) is 12.8 Å². The number of halogens is 2. The molecule has 22 heavy (non-hydrogen) atoms. The van der Waals surface area contributed by atoms with Gasteiger partial charge in [0.2, 0.25) is 5.91 Å². The molecule has 0 atom stereocenters. The second kappa shape index (κ2) is 8.12. The van der Waals surface area contributed by atoms with Crippen LogP contribution in [0.3, 0.4) is 0 Å². The molecule has 120 valence electrons. The average molecular weight is 329 g/mol. The summed E-state index contributed by atoms with van der Waals surface area (Å²) >= 11 is 1.57. The molecule has 2 amide bonds. The molecule has 1 aliphatic rings. The standard InChI is InChI=1S/C15H17F2NO3S/c16-15(17)21-11-7-5-10(6-8-11)14(20)18-13(19)9-22-12-3-1-2-4-12/h5-8,12,15H,1-4,9H2,(H,18,19,20). The monoisotopic (exact) mass is 329 g/mol. The van der Waals surface area contributed by atoms with E-state index in [0.29, 0.717) is 5.25 Å². The van der Waals surface area contributed by atoms with E-state index in [9.17, 15) is 18.4 Å². The molecule has 0 aromatic heterocycles. The first-order chi connectivity index (χ1) is 10.5. The Hall–Kier alpha value is -1.63. The molecule has 0 heterocycles. The third-order valence-electron chi connectivity index (χ3n) is 3.35. The van der Waals surface area contributed by atoms with Gasteiger partial charge in [-0.05, 0) is 37.1 Å². The fraction of sp³-hybridized carbons (Fsp3) is 0.467. The first-order valence-electron chi connectivity index (χ1n) is 7.05. The highest BCUT2D eigenvalue weighted by Gasteiger charge is 2.18. The Balaban J connectivity index is 1.79. The number of rotatable bonds is 6. The SMILES string of the molecule is O=C(CSC1CCCC1)NC(=O)c1ccc(OC(F)F)cc1. The van der Waals surface area contributed by atoms with E-state index in [1.165, 1.54) is 37.1 Å². The fourth-order valence-corrected chi connectivity index (χ4v) is 3.40. The highest BCUT2D eigenvalue weighted by Crippen LogP contribution is 2.29. The van der Waals surface area contributed by atoms with Crippen LogP contribution in [0.2, 0.25) is 0 Å². The summed E-state index contributed by atoms with van der Waals surface area (Å²) in [6.07, 6.45) is 4.64. The molecule has 0 aliphatic heterocycles. The number of carbonyl (C=O) groups excluding carboxylic acids is 2. The zero-order valence-corrected chi connectivity index (χ0v) is 12.7. The molecule has 1 saturated carbocycles. The number of imide groups is 1. The number of amides is 2. The Kier molecular flexibility index (Phi) is 6.18. The lowest BCUT2D eigenvalue weighted by atomic mass is 10.2. The molecule has 1 aromatic carbocycles. The van der Waals surface area contributed by atoms with Crippen LogP contribution < -0.4 is 10.1 Å². The molecule has 0 spiro atoms. The van der Waals surface area contributed by atoms with Gasteiger partial charge in [-0.2, -0.15) is 8.78 Å². The molecule has 7 heteroatoms. The lowest BCUT2D eigenvalue weighted by molar-refractivity contribution is -0.117. The zero-order valence-electron chi connectivity index (χ0n) is 11.9. The van der Waals surface area contributed by atoms with Crippen molar-refractivity contribution in [1.29, 1.82) is 0 Å². The maximum absolute atomic E-state index is 12.0. The normalized spacial score (nSPS) is 15.0. The molecule has 1 fully saturated rings. The van der Waals surface area contributed by atoms with E-state index < -0.39 is 12.5 Å². The predicted octanol–water partition coefficient (Wildman–Crippen LogP) is 3.22. The number of thioether (sulfide) groups is 1. The van der Waals surface area contributed by atoms with Crippen molar-refractivity contribution in [2.24, 2.45) is 0 Å². The van der Waals surface area contributed by atoms with Crippen LogP contribution in [0.5, 0.6) is 5.75 Å². The zero-order chi connectivity index (χ0) is 15.9. The van der Waals surface area contributed by atoms with Crippen molar-refractivity contribution in [3.05, 3.63) is 29.8 Å². The molecule has 1 aliphatic carbocycles. The number of hydrogen-bond acceptors (Lipinski definition) is 4. The quantitative estimate of drug-likeness (QED) is 0.871. The summed E-state index contributed by atoms with van der Waals surface area (Å²) in [6.45, 7) is -2.91. The maximum atomic E-state index is 12.0. The summed E-state index contributed by atoms with van der Waals surface area (Å²) in [5.74, 6) is -0.659. The number of alkyl halides is 2. The number of carbonyl (C=O) groups is 2. The van der Waals surface area contributed by atoms with Gasteiger partial charge in [0.15, 0.2) is 0 Å². The Labute approximate surface area is 131 Å². The first-order valence-corrected chi connectivity index (χ1v) is 8.10. The van der Waals surface area contributed by atoms with Crippen LogP contribution in [0.25, 0.3) is 0 Å². The molecule has 2 rings (SSSR count). The highest BCUT2D eigenvalue weighted by molar-refractivity contribution is 8.00. The summed E-state index contributed by atoms with van der Waals surface area (Å²) in [5.41, 5.74) is 0.223. The van der Waals surface area contributed by atoms with Gasteiger partial charge < -0.3 is 4.74 Å². The second-order valence-corrected chi connectivity index (χ2v) is 6.29. The molecular weight excluding hydrogens is 312 g/mol. The van der Waals surface area contributed by atoms with E-state index in [0.717, 1.165) is 12.8 Å². The summed E-state index contributed by atoms with van der Waals surface area (Å²) in [7, 11) is 0. The van der Waals surface area contributed by atoms with E-state index >= 15 is 0 Å². The third kappa shape index (κ3) is 5.29. The number of benzene rings is 1. The molecule has 0 unspecified atom stereocenters. The van der Waals surface area contributed by atoms with Gasteiger partial charge in [0.1, 0.15) is 5.75 Å². The lowest BCUT2D eigenvalue weighted by Crippen LogP contribution is -2.32. The van der Waals surface area contributed by atoms with E-state index in [-0.39, 0.29) is 23.0 Å². The van der Waals surface area contributed by atoms with E-state index in [2.05, 4.69) is 10.1 Å². The minimum absolute atomic E-state index is 0.0327. The van der Waals surface area contributed by atoms with Crippen LogP contribution in [0.15, 0.2) is 24.3 Å². The van der Waals surface area contributed by atoms with Crippen LogP contribution in [-0.2, 0) is 4.79 Å². The Bertz CT molecular complexity index is 516. The Morgan fingerprint density at radius 2 is 1.86 bits per heavy atom. The van der Waals surface area contributed by atoms with E-state index in [1.807, 2.05) is 0 Å². The van der Waals surface area contributed by atoms with Crippen molar-refractivity contribution >= 4 is 23.6 Å². The van der Waals surface area contributed by atoms with Crippen LogP contribution in [-0.4, -0.2) is 29.4 Å². The Morgan fingerprint density at radius 1 is 1.23 bits per heavy atom. The highest BCUT2D eigenvalue weighted by atomic mass is 32.2. The predicted molar refractivity (Wildman–Crippen MR) is 80.3 cm³/mol. The molecule has 4 nitrogen and oxygen atoms in total. The van der Waals surface area contributed by atoms with Gasteiger partial charge in [0.25, 0.3) is 5.91 Å². The van der Waals surface area contributed by atoms with Crippen molar-refractivity contribution in [1.82, 2.24) is 5.32 Å². The molecule has 0 bridgehead atoms. The van der Waals surface area contributed by atoms with Gasteiger partial charge >= 0.3 is 6.61 Å². The first kappa shape index (κ1) is 16.7. The van der Waals surface area contributed by atoms with Crippen LogP contribution in [0.1, 0.15) is 36.0 Å². The molecule has 1 aromatic rings. The molecular formula is C15H17F2NO3S. The van der Waals surface area contributed by atoms with Gasteiger partial charge in [-0.15, -0.1) is 11.8 Å². The smallest absolute Gasteiger partial charge is 0.387 e. The van der Waals surface area contributed by atoms with Crippen LogP contribution in [0, 0.1) is 0 Å². The van der Waals surface area contributed by atoms with Crippen molar-refractivity contribution < 1.29 is 23.1 Å². The third-order valence-corrected chi connectivity index (χ3v) is 4.72. The fourth-order valence-electron chi connectivity index (χ4n) is 2.27. The molecule has 0 radical (unpaired) electrons. The molecule has 1 N–H and O–H groups in total. The van der Waals surface area contributed by atoms with Crippen molar-refractivity contribution in [2.45, 2.75) is 37.5 Å². The number of hydrogen-bond donors (Lipinski definition) is 1. The summed E-state index contributed by atoms with van der Waals surface area (Å²) in [5, 5.41) is 2.80. The minimum atomic E-state index is -2.91. The van der Waals surface area contributed by atoms with Crippen molar-refractivity contribution in [3.8, 4) is 5.75 Å². The topological polar surface area (TPSA) is 55.4 Å². The largest absolute Gasteiger partial charge is 0.435 e. The van der Waals surface area contributed by atoms with Crippen molar-refractivity contribution in [3.63, 3.8) is 0 Å². The van der Waals surface area contributed by atoms with Gasteiger partial charge in [0.05, 0.1) is 5.75 Å². The lowest BCUT2D eigenvalue weighted by Gasteiger charge is -2.09. The Morgan fingerprint density at radius 3 is 2.45 bits per heavy atom. The van der Waals surface area contributed by atoms with E-state index in [4.69, 9.17) is 0 Å².